The van der Waals surface area contributed by atoms with Crippen LogP contribution in [-0.4, -0.2) is 29.3 Å². The minimum Gasteiger partial charge on any atom is -0.350 e. The third-order valence-electron chi connectivity index (χ3n) is 4.94. The van der Waals surface area contributed by atoms with Gasteiger partial charge in [0.05, 0.1) is 6.54 Å². The fraction of sp³-hybridized carbons (Fsp3) is 0.381. The maximum absolute atomic E-state index is 13.0. The molecule has 1 aliphatic rings. The number of amides is 4. The normalized spacial score (nSPS) is 19.6. The Morgan fingerprint density at radius 3 is 2.43 bits per heavy atom. The maximum atomic E-state index is 13.0. The molecule has 0 bridgehead atoms. The lowest BCUT2D eigenvalue weighted by atomic mass is 9.84. The van der Waals surface area contributed by atoms with Crippen molar-refractivity contribution in [2.75, 3.05) is 6.54 Å². The predicted molar refractivity (Wildman–Crippen MR) is 109 cm³/mol. The van der Waals surface area contributed by atoms with Crippen LogP contribution in [0.25, 0.3) is 0 Å². The topological polar surface area (TPSA) is 78.5 Å². The molecule has 6 nitrogen and oxygen atoms in total. The fourth-order valence-corrected chi connectivity index (χ4v) is 3.78. The van der Waals surface area contributed by atoms with E-state index in [1.54, 1.807) is 6.92 Å². The number of thiophene rings is 1. The lowest BCUT2D eigenvalue weighted by Crippen LogP contribution is -2.43. The van der Waals surface area contributed by atoms with Crippen LogP contribution < -0.4 is 10.6 Å². The summed E-state index contributed by atoms with van der Waals surface area (Å²) in [7, 11) is 0. The lowest BCUT2D eigenvalue weighted by Gasteiger charge is -2.24. The Labute approximate surface area is 168 Å². The zero-order valence-electron chi connectivity index (χ0n) is 16.5. The van der Waals surface area contributed by atoms with Crippen molar-refractivity contribution in [1.82, 2.24) is 15.5 Å². The number of nitrogens with one attached hydrogen (secondary N) is 2. The summed E-state index contributed by atoms with van der Waals surface area (Å²) in [4.78, 5) is 39.5. The van der Waals surface area contributed by atoms with Crippen LogP contribution in [-0.2, 0) is 27.1 Å². The van der Waals surface area contributed by atoms with E-state index in [4.69, 9.17) is 0 Å². The molecule has 0 radical (unpaired) electrons. The summed E-state index contributed by atoms with van der Waals surface area (Å²) >= 11 is 1.53. The van der Waals surface area contributed by atoms with Crippen molar-refractivity contribution in [1.29, 1.82) is 0 Å². The first-order valence-corrected chi connectivity index (χ1v) is 10.0. The molecule has 3 rings (SSSR count). The van der Waals surface area contributed by atoms with Crippen molar-refractivity contribution in [3.05, 3.63) is 57.8 Å². The summed E-state index contributed by atoms with van der Waals surface area (Å²) < 4.78 is 0. The summed E-state index contributed by atoms with van der Waals surface area (Å²) in [6.45, 7) is 8.09. The van der Waals surface area contributed by atoms with Crippen LogP contribution in [0.5, 0.6) is 0 Å². The predicted octanol–water partition coefficient (Wildman–Crippen LogP) is 3.13. The third kappa shape index (κ3) is 3.94. The first-order chi connectivity index (χ1) is 13.1. The zero-order chi connectivity index (χ0) is 20.5. The molecule has 0 unspecified atom stereocenters. The van der Waals surface area contributed by atoms with Gasteiger partial charge in [-0.3, -0.25) is 14.5 Å². The van der Waals surface area contributed by atoms with Crippen LogP contribution in [0.4, 0.5) is 4.79 Å². The van der Waals surface area contributed by atoms with Gasteiger partial charge in [0.15, 0.2) is 0 Å². The molecule has 0 aliphatic carbocycles. The number of urea groups is 1. The summed E-state index contributed by atoms with van der Waals surface area (Å²) in [5.74, 6) is -0.795. The molecule has 2 N–H and O–H groups in total. The van der Waals surface area contributed by atoms with Crippen molar-refractivity contribution in [2.45, 2.75) is 45.2 Å². The first kappa shape index (κ1) is 20.1. The molecule has 0 spiro atoms. The molecule has 2 heterocycles. The van der Waals surface area contributed by atoms with E-state index in [9.17, 15) is 14.4 Å². The van der Waals surface area contributed by atoms with E-state index in [1.807, 2.05) is 41.8 Å². The number of carbonyl (C=O) groups is 3. The molecule has 7 heteroatoms. The van der Waals surface area contributed by atoms with E-state index in [0.717, 1.165) is 15.3 Å². The van der Waals surface area contributed by atoms with Gasteiger partial charge in [-0.1, -0.05) is 51.1 Å². The molecular formula is C21H25N3O3S. The van der Waals surface area contributed by atoms with Gasteiger partial charge < -0.3 is 10.6 Å². The van der Waals surface area contributed by atoms with E-state index in [2.05, 4.69) is 31.4 Å². The molecule has 1 saturated heterocycles. The van der Waals surface area contributed by atoms with Crippen molar-refractivity contribution in [3.8, 4) is 0 Å². The molecule has 148 valence electrons. The monoisotopic (exact) mass is 399 g/mol. The van der Waals surface area contributed by atoms with E-state index < -0.39 is 17.5 Å². The highest BCUT2D eigenvalue weighted by Gasteiger charge is 2.49. The number of rotatable bonds is 5. The molecule has 1 aromatic carbocycles. The quantitative estimate of drug-likeness (QED) is 0.758. The number of hydrogen-bond donors (Lipinski definition) is 2. The van der Waals surface area contributed by atoms with Crippen LogP contribution in [0.1, 0.15) is 43.7 Å². The largest absolute Gasteiger partial charge is 0.350 e. The number of hydrogen-bond acceptors (Lipinski definition) is 4. The smallest absolute Gasteiger partial charge is 0.325 e. The molecule has 1 aliphatic heterocycles. The van der Waals surface area contributed by atoms with Gasteiger partial charge in [-0.2, -0.15) is 0 Å². The highest BCUT2D eigenvalue weighted by molar-refractivity contribution is 7.09. The van der Waals surface area contributed by atoms with Gasteiger partial charge in [0.25, 0.3) is 5.91 Å². The minimum atomic E-state index is -1.18. The Bertz CT molecular complexity index is 885. The van der Waals surface area contributed by atoms with E-state index in [0.29, 0.717) is 12.1 Å². The average molecular weight is 400 g/mol. The SMILES string of the molecule is CC(C)(C)c1ccc([C@@]2(C)NC(=O)N(CC(=O)NCc3cccs3)C2=O)cc1. The maximum Gasteiger partial charge on any atom is 0.325 e. The van der Waals surface area contributed by atoms with Gasteiger partial charge in [0, 0.05) is 4.88 Å². The van der Waals surface area contributed by atoms with E-state index in [1.165, 1.54) is 11.3 Å². The van der Waals surface area contributed by atoms with Crippen LogP contribution in [0.2, 0.25) is 0 Å². The number of nitrogens with zero attached hydrogens (tertiary/aromatic N) is 1. The molecule has 28 heavy (non-hydrogen) atoms. The molecule has 0 saturated carbocycles. The Hall–Kier alpha value is -2.67. The standard InChI is InChI=1S/C21H25N3O3S/c1-20(2,3)14-7-9-15(10-8-14)21(4)18(26)24(19(27)23-21)13-17(25)22-12-16-6-5-11-28-16/h5-11H,12-13H2,1-4H3,(H,22,25)(H,23,27)/t21-/m1/s1. The Morgan fingerprint density at radius 2 is 1.86 bits per heavy atom. The summed E-state index contributed by atoms with van der Waals surface area (Å²) in [5.41, 5.74) is 0.651. The number of imide groups is 1. The van der Waals surface area contributed by atoms with Crippen LogP contribution in [0.15, 0.2) is 41.8 Å². The van der Waals surface area contributed by atoms with Crippen molar-refractivity contribution >= 4 is 29.2 Å². The van der Waals surface area contributed by atoms with E-state index >= 15 is 0 Å². The van der Waals surface area contributed by atoms with Crippen molar-refractivity contribution < 1.29 is 14.4 Å². The lowest BCUT2D eigenvalue weighted by molar-refractivity contribution is -0.134. The Balaban J connectivity index is 1.70. The molecule has 4 amide bonds. The highest BCUT2D eigenvalue weighted by atomic mass is 32.1. The van der Waals surface area contributed by atoms with Crippen LogP contribution >= 0.6 is 11.3 Å². The summed E-state index contributed by atoms with van der Waals surface area (Å²) in [5, 5.41) is 7.41. The van der Waals surface area contributed by atoms with Crippen LogP contribution in [0, 0.1) is 0 Å². The van der Waals surface area contributed by atoms with Gasteiger partial charge in [-0.25, -0.2) is 4.79 Å². The van der Waals surface area contributed by atoms with Gasteiger partial charge in [0.2, 0.25) is 5.91 Å². The van der Waals surface area contributed by atoms with Crippen molar-refractivity contribution in [3.63, 3.8) is 0 Å². The number of benzene rings is 1. The Kier molecular flexibility index (Phi) is 5.30. The molecular weight excluding hydrogens is 374 g/mol. The third-order valence-corrected chi connectivity index (χ3v) is 5.82. The molecule has 1 aromatic heterocycles. The zero-order valence-corrected chi connectivity index (χ0v) is 17.4. The fourth-order valence-electron chi connectivity index (χ4n) is 3.14. The second-order valence-corrected chi connectivity index (χ2v) is 9.16. The number of carbonyl (C=O) groups excluding carboxylic acids is 3. The molecule has 1 fully saturated rings. The summed E-state index contributed by atoms with van der Waals surface area (Å²) in [6, 6.07) is 10.9. The van der Waals surface area contributed by atoms with E-state index in [-0.39, 0.29) is 17.9 Å². The molecule has 2 aromatic rings. The van der Waals surface area contributed by atoms with Gasteiger partial charge in [-0.15, -0.1) is 11.3 Å². The first-order valence-electron chi connectivity index (χ1n) is 9.15. The van der Waals surface area contributed by atoms with Crippen LogP contribution in [0.3, 0.4) is 0 Å². The van der Waals surface area contributed by atoms with Crippen molar-refractivity contribution in [2.24, 2.45) is 0 Å². The summed E-state index contributed by atoms with van der Waals surface area (Å²) in [6.07, 6.45) is 0. The van der Waals surface area contributed by atoms with Gasteiger partial charge in [0.1, 0.15) is 12.1 Å². The van der Waals surface area contributed by atoms with Gasteiger partial charge in [-0.05, 0) is 34.9 Å². The second kappa shape index (κ2) is 7.39. The second-order valence-electron chi connectivity index (χ2n) is 8.13. The van der Waals surface area contributed by atoms with Gasteiger partial charge >= 0.3 is 6.03 Å². The average Bonchev–Trinajstić information content (AvgIpc) is 3.23. The Morgan fingerprint density at radius 1 is 1.18 bits per heavy atom. The highest BCUT2D eigenvalue weighted by Crippen LogP contribution is 2.31. The molecule has 1 atom stereocenters. The minimum absolute atomic E-state index is 0.00491.